The first-order valence-corrected chi connectivity index (χ1v) is 9.45. The van der Waals surface area contributed by atoms with Gasteiger partial charge in [-0.2, -0.15) is 0 Å². The normalized spacial score (nSPS) is 10.8. The third-order valence-corrected chi connectivity index (χ3v) is 4.53. The molecule has 0 aliphatic carbocycles. The third kappa shape index (κ3) is 4.81. The van der Waals surface area contributed by atoms with E-state index < -0.39 is 0 Å². The highest BCUT2D eigenvalue weighted by Gasteiger charge is 2.18. The lowest BCUT2D eigenvalue weighted by molar-refractivity contribution is 0.0938. The zero-order valence-electron chi connectivity index (χ0n) is 15.3. The predicted octanol–water partition coefficient (Wildman–Crippen LogP) is 3.77. The van der Waals surface area contributed by atoms with Crippen LogP contribution in [0.2, 0.25) is 0 Å². The predicted molar refractivity (Wildman–Crippen MR) is 108 cm³/mol. The highest BCUT2D eigenvalue weighted by atomic mass is 79.9. The molecular formula is C20H21BrN4O2. The summed E-state index contributed by atoms with van der Waals surface area (Å²) < 4.78 is 7.66. The van der Waals surface area contributed by atoms with Gasteiger partial charge in [0.2, 0.25) is 5.82 Å². The number of carbonyl (C=O) groups excluding carboxylic acids is 1. The maximum absolute atomic E-state index is 12.4. The molecule has 0 unspecified atom stereocenters. The van der Waals surface area contributed by atoms with Gasteiger partial charge in [0.05, 0.1) is 5.69 Å². The molecule has 1 aromatic heterocycles. The van der Waals surface area contributed by atoms with Crippen LogP contribution in [0, 0.1) is 6.92 Å². The van der Waals surface area contributed by atoms with Crippen molar-refractivity contribution in [2.45, 2.75) is 13.3 Å². The average Bonchev–Trinajstić information content (AvgIpc) is 3.12. The second-order valence-electron chi connectivity index (χ2n) is 6.12. The number of benzene rings is 2. The summed E-state index contributed by atoms with van der Waals surface area (Å²) in [5, 5.41) is 7.29. The summed E-state index contributed by atoms with van der Waals surface area (Å²) >= 11 is 3.44. The molecule has 1 N–H and O–H groups in total. The zero-order chi connectivity index (χ0) is 19.2. The summed E-state index contributed by atoms with van der Waals surface area (Å²) in [5.74, 6) is 0.473. The Bertz CT molecular complexity index is 842. The van der Waals surface area contributed by atoms with Crippen LogP contribution in [0.4, 0.5) is 0 Å². The van der Waals surface area contributed by atoms with Gasteiger partial charge in [-0.1, -0.05) is 45.8 Å². The lowest BCUT2D eigenvalue weighted by Crippen LogP contribution is -2.26. The van der Waals surface area contributed by atoms with E-state index in [0.717, 1.165) is 27.7 Å². The van der Waals surface area contributed by atoms with E-state index in [1.54, 1.807) is 11.8 Å². The van der Waals surface area contributed by atoms with Crippen molar-refractivity contribution < 1.29 is 9.53 Å². The van der Waals surface area contributed by atoms with Crippen LogP contribution in [0.25, 0.3) is 17.1 Å². The van der Waals surface area contributed by atoms with Crippen molar-refractivity contribution >= 4 is 21.8 Å². The zero-order valence-corrected chi connectivity index (χ0v) is 16.9. The molecule has 2 aromatic carbocycles. The van der Waals surface area contributed by atoms with Gasteiger partial charge >= 0.3 is 0 Å². The van der Waals surface area contributed by atoms with Crippen molar-refractivity contribution in [1.29, 1.82) is 0 Å². The van der Waals surface area contributed by atoms with E-state index >= 15 is 0 Å². The van der Waals surface area contributed by atoms with Crippen LogP contribution in [0.5, 0.6) is 0 Å². The molecule has 0 spiro atoms. The molecule has 7 heteroatoms. The topological polar surface area (TPSA) is 69.0 Å². The standard InChI is InChI=1S/C20H21BrN4O2/c1-14-4-6-15(7-5-14)19-23-18(20(26)22-12-3-13-27-2)24-25(19)17-10-8-16(21)9-11-17/h4-11H,3,12-13H2,1-2H3,(H,22,26). The second-order valence-corrected chi connectivity index (χ2v) is 7.03. The SMILES string of the molecule is COCCCNC(=O)c1nc(-c2ccc(C)cc2)n(-c2ccc(Br)cc2)n1. The van der Waals surface area contributed by atoms with Gasteiger partial charge in [-0.25, -0.2) is 9.67 Å². The van der Waals surface area contributed by atoms with Crippen LogP contribution in [0.3, 0.4) is 0 Å². The first-order chi connectivity index (χ1) is 13.1. The van der Waals surface area contributed by atoms with Gasteiger partial charge in [0.25, 0.3) is 5.91 Å². The summed E-state index contributed by atoms with van der Waals surface area (Å²) in [7, 11) is 1.64. The molecule has 0 fully saturated rings. The van der Waals surface area contributed by atoms with Gasteiger partial charge in [0.1, 0.15) is 0 Å². The number of methoxy groups -OCH3 is 1. The fraction of sp³-hybridized carbons (Fsp3) is 0.250. The first kappa shape index (κ1) is 19.3. The molecular weight excluding hydrogens is 408 g/mol. The summed E-state index contributed by atoms with van der Waals surface area (Å²) in [6.07, 6.45) is 0.737. The Balaban J connectivity index is 1.94. The van der Waals surface area contributed by atoms with E-state index in [0.29, 0.717) is 19.0 Å². The number of nitrogens with zero attached hydrogens (tertiary/aromatic N) is 3. The van der Waals surface area contributed by atoms with Gasteiger partial charge in [0.15, 0.2) is 5.82 Å². The summed E-state index contributed by atoms with van der Waals surface area (Å²) in [6.45, 7) is 3.14. The fourth-order valence-corrected chi connectivity index (χ4v) is 2.82. The summed E-state index contributed by atoms with van der Waals surface area (Å²) in [6, 6.07) is 15.7. The number of aryl methyl sites for hydroxylation is 1. The molecule has 0 saturated carbocycles. The molecule has 0 saturated heterocycles. The van der Waals surface area contributed by atoms with Gasteiger partial charge in [-0.3, -0.25) is 4.79 Å². The Labute approximate surface area is 166 Å². The molecule has 6 nitrogen and oxygen atoms in total. The molecule has 27 heavy (non-hydrogen) atoms. The van der Waals surface area contributed by atoms with Crippen molar-refractivity contribution in [2.75, 3.05) is 20.3 Å². The number of hydrogen-bond acceptors (Lipinski definition) is 4. The summed E-state index contributed by atoms with van der Waals surface area (Å²) in [5.41, 5.74) is 2.89. The van der Waals surface area contributed by atoms with E-state index in [4.69, 9.17) is 4.74 Å². The number of halogens is 1. The number of carbonyl (C=O) groups is 1. The minimum atomic E-state index is -0.296. The molecule has 3 rings (SSSR count). The highest BCUT2D eigenvalue weighted by molar-refractivity contribution is 9.10. The first-order valence-electron chi connectivity index (χ1n) is 8.65. The quantitative estimate of drug-likeness (QED) is 0.581. The van der Waals surface area contributed by atoms with Crippen LogP contribution in [-0.2, 0) is 4.74 Å². The number of nitrogens with one attached hydrogen (secondary N) is 1. The Kier molecular flexibility index (Phi) is 6.36. The maximum Gasteiger partial charge on any atom is 0.290 e. The van der Waals surface area contributed by atoms with Crippen molar-refractivity contribution in [3.63, 3.8) is 0 Å². The van der Waals surface area contributed by atoms with Crippen molar-refractivity contribution in [1.82, 2.24) is 20.1 Å². The molecule has 0 radical (unpaired) electrons. The van der Waals surface area contributed by atoms with Gasteiger partial charge in [-0.15, -0.1) is 5.10 Å². The van der Waals surface area contributed by atoms with Crippen LogP contribution in [0.15, 0.2) is 53.0 Å². The molecule has 1 amide bonds. The Morgan fingerprint density at radius 2 is 1.85 bits per heavy atom. The second kappa shape index (κ2) is 8.92. The van der Waals surface area contributed by atoms with E-state index in [2.05, 4.69) is 31.3 Å². The molecule has 0 aliphatic heterocycles. The largest absolute Gasteiger partial charge is 0.385 e. The van der Waals surface area contributed by atoms with Crippen LogP contribution >= 0.6 is 15.9 Å². The molecule has 1 heterocycles. The number of hydrogen-bond donors (Lipinski definition) is 1. The van der Waals surface area contributed by atoms with Crippen LogP contribution in [0.1, 0.15) is 22.6 Å². The third-order valence-electron chi connectivity index (χ3n) is 4.00. The van der Waals surface area contributed by atoms with Gasteiger partial charge in [0, 0.05) is 30.3 Å². The fourth-order valence-electron chi connectivity index (χ4n) is 2.56. The molecule has 0 bridgehead atoms. The molecule has 3 aromatic rings. The van der Waals surface area contributed by atoms with Crippen molar-refractivity contribution in [3.05, 3.63) is 64.4 Å². The minimum absolute atomic E-state index is 0.144. The van der Waals surface area contributed by atoms with E-state index in [1.807, 2.05) is 55.5 Å². The molecule has 0 aliphatic rings. The number of aromatic nitrogens is 3. The highest BCUT2D eigenvalue weighted by Crippen LogP contribution is 2.23. The Morgan fingerprint density at radius 1 is 1.15 bits per heavy atom. The van der Waals surface area contributed by atoms with E-state index in [-0.39, 0.29) is 11.7 Å². The van der Waals surface area contributed by atoms with Crippen molar-refractivity contribution in [3.8, 4) is 17.1 Å². The summed E-state index contributed by atoms with van der Waals surface area (Å²) in [4.78, 5) is 17.0. The van der Waals surface area contributed by atoms with Gasteiger partial charge in [-0.05, 0) is 37.6 Å². The minimum Gasteiger partial charge on any atom is -0.385 e. The Hall–Kier alpha value is -2.51. The smallest absolute Gasteiger partial charge is 0.290 e. The number of rotatable bonds is 7. The lowest BCUT2D eigenvalue weighted by atomic mass is 10.1. The maximum atomic E-state index is 12.4. The van der Waals surface area contributed by atoms with Crippen LogP contribution < -0.4 is 5.32 Å². The van der Waals surface area contributed by atoms with Crippen molar-refractivity contribution in [2.24, 2.45) is 0 Å². The van der Waals surface area contributed by atoms with Crippen LogP contribution in [-0.4, -0.2) is 40.9 Å². The number of ether oxygens (including phenoxy) is 1. The Morgan fingerprint density at radius 3 is 2.52 bits per heavy atom. The molecule has 0 atom stereocenters. The van der Waals surface area contributed by atoms with E-state index in [1.165, 1.54) is 0 Å². The average molecular weight is 429 g/mol. The lowest BCUT2D eigenvalue weighted by Gasteiger charge is -2.06. The van der Waals surface area contributed by atoms with Gasteiger partial charge < -0.3 is 10.1 Å². The molecule has 140 valence electrons. The number of amides is 1. The van der Waals surface area contributed by atoms with E-state index in [9.17, 15) is 4.79 Å². The monoisotopic (exact) mass is 428 g/mol.